The minimum Gasteiger partial charge on any atom is -0.386 e. The van der Waals surface area contributed by atoms with Crippen molar-refractivity contribution in [3.8, 4) is 55.6 Å². The molecule has 6 nitrogen and oxygen atoms in total. The average molecular weight is 599 g/mol. The van der Waals surface area contributed by atoms with Crippen molar-refractivity contribution in [2.75, 3.05) is 0 Å². The number of hydrogen-bond donors (Lipinski definition) is 0. The van der Waals surface area contributed by atoms with E-state index in [0.717, 1.165) is 55.6 Å². The van der Waals surface area contributed by atoms with E-state index in [4.69, 9.17) is 9.47 Å². The lowest BCUT2D eigenvalue weighted by atomic mass is 9.95. The number of ether oxygens (including phenoxy) is 2. The van der Waals surface area contributed by atoms with Gasteiger partial charge in [0.15, 0.2) is 0 Å². The standard InChI is InChI=1S/C40H22O6/c41-37-33-19-17-31(21-35(33)39(43)45-37)29-13-9-27(10-14-29)25-5-1-23(2-6-25)24-3-7-26(8-4-24)28-11-15-30(16-12-28)32-18-20-34-36(22-32)40(44)46-38(34)42/h1-22H. The molecule has 2 heterocycles. The van der Waals surface area contributed by atoms with E-state index in [1.807, 2.05) is 60.7 Å². The summed E-state index contributed by atoms with van der Waals surface area (Å²) in [6.07, 6.45) is 0. The minimum atomic E-state index is -0.605. The van der Waals surface area contributed by atoms with Gasteiger partial charge in [-0.3, -0.25) is 0 Å². The highest BCUT2D eigenvalue weighted by molar-refractivity contribution is 6.16. The van der Waals surface area contributed by atoms with Gasteiger partial charge in [0.05, 0.1) is 22.3 Å². The molecule has 0 radical (unpaired) electrons. The normalized spacial score (nSPS) is 13.3. The maximum atomic E-state index is 11.9. The lowest BCUT2D eigenvalue weighted by Gasteiger charge is -2.09. The van der Waals surface area contributed by atoms with Gasteiger partial charge in [0.2, 0.25) is 0 Å². The smallest absolute Gasteiger partial charge is 0.346 e. The highest BCUT2D eigenvalue weighted by atomic mass is 16.6. The summed E-state index contributed by atoms with van der Waals surface area (Å²) in [6, 6.07) is 43.3. The zero-order valence-corrected chi connectivity index (χ0v) is 24.2. The van der Waals surface area contributed by atoms with Gasteiger partial charge in [-0.2, -0.15) is 0 Å². The molecule has 6 heteroatoms. The Morgan fingerprint density at radius 3 is 0.696 bits per heavy atom. The van der Waals surface area contributed by atoms with Crippen LogP contribution in [0.5, 0.6) is 0 Å². The van der Waals surface area contributed by atoms with Crippen molar-refractivity contribution in [1.82, 2.24) is 0 Å². The third-order valence-corrected chi connectivity index (χ3v) is 8.50. The van der Waals surface area contributed by atoms with Gasteiger partial charge in [0.25, 0.3) is 0 Å². The van der Waals surface area contributed by atoms with Crippen molar-refractivity contribution < 1.29 is 28.7 Å². The summed E-state index contributed by atoms with van der Waals surface area (Å²) in [4.78, 5) is 47.4. The molecule has 0 atom stereocenters. The Kier molecular flexibility index (Phi) is 6.29. The Bertz CT molecular complexity index is 2060. The summed E-state index contributed by atoms with van der Waals surface area (Å²) in [5.74, 6) is -2.41. The van der Waals surface area contributed by atoms with Crippen molar-refractivity contribution in [2.45, 2.75) is 0 Å². The number of esters is 4. The molecule has 0 bridgehead atoms. The van der Waals surface area contributed by atoms with Crippen molar-refractivity contribution in [2.24, 2.45) is 0 Å². The van der Waals surface area contributed by atoms with Crippen LogP contribution >= 0.6 is 0 Å². The van der Waals surface area contributed by atoms with Gasteiger partial charge in [-0.15, -0.1) is 0 Å². The summed E-state index contributed by atoms with van der Waals surface area (Å²) in [6.45, 7) is 0. The van der Waals surface area contributed by atoms with E-state index in [-0.39, 0.29) is 0 Å². The molecule has 8 rings (SSSR count). The monoisotopic (exact) mass is 598 g/mol. The van der Waals surface area contributed by atoms with E-state index >= 15 is 0 Å². The van der Waals surface area contributed by atoms with Gasteiger partial charge in [0.1, 0.15) is 0 Å². The number of carbonyl (C=O) groups is 4. The van der Waals surface area contributed by atoms with Gasteiger partial charge in [-0.1, -0.05) is 109 Å². The Balaban J connectivity index is 0.961. The quantitative estimate of drug-likeness (QED) is 0.146. The van der Waals surface area contributed by atoms with Crippen LogP contribution in [0.25, 0.3) is 55.6 Å². The van der Waals surface area contributed by atoms with Crippen LogP contribution in [-0.4, -0.2) is 23.9 Å². The third-order valence-electron chi connectivity index (χ3n) is 8.50. The van der Waals surface area contributed by atoms with E-state index in [9.17, 15) is 19.2 Å². The van der Waals surface area contributed by atoms with Crippen molar-refractivity contribution in [3.05, 3.63) is 156 Å². The SMILES string of the molecule is O=C1OC(=O)c2cc(-c3ccc(-c4ccc(-c5ccc(-c6ccc(-c7ccc8c(c7)C(=O)OC8=O)cc6)cc5)cc4)cc3)ccc21. The highest BCUT2D eigenvalue weighted by Crippen LogP contribution is 2.32. The minimum absolute atomic E-state index is 0.301. The average Bonchev–Trinajstić information content (AvgIpc) is 3.56. The molecule has 0 saturated heterocycles. The number of cyclic esters (lactones) is 4. The fourth-order valence-electron chi connectivity index (χ4n) is 5.95. The molecular formula is C40H22O6. The Hall–Kier alpha value is -6.40. The third kappa shape index (κ3) is 4.69. The lowest BCUT2D eigenvalue weighted by molar-refractivity contribution is 0.0425. The zero-order valence-electron chi connectivity index (χ0n) is 24.2. The predicted octanol–water partition coefficient (Wildman–Crippen LogP) is 8.64. The maximum Gasteiger partial charge on any atom is 0.346 e. The summed E-state index contributed by atoms with van der Waals surface area (Å²) < 4.78 is 9.41. The Morgan fingerprint density at radius 2 is 0.435 bits per heavy atom. The topological polar surface area (TPSA) is 86.7 Å². The fraction of sp³-hybridized carbons (Fsp3) is 0. The zero-order chi connectivity index (χ0) is 31.4. The van der Waals surface area contributed by atoms with Gasteiger partial charge in [-0.25, -0.2) is 19.2 Å². The number of carbonyl (C=O) groups excluding carboxylic acids is 4. The van der Waals surface area contributed by atoms with Gasteiger partial charge in [0, 0.05) is 0 Å². The van der Waals surface area contributed by atoms with Crippen LogP contribution in [0.3, 0.4) is 0 Å². The lowest BCUT2D eigenvalue weighted by Crippen LogP contribution is -1.96. The molecule has 0 aromatic heterocycles. The molecule has 6 aromatic rings. The largest absolute Gasteiger partial charge is 0.386 e. The van der Waals surface area contributed by atoms with Gasteiger partial charge < -0.3 is 9.47 Å². The highest BCUT2D eigenvalue weighted by Gasteiger charge is 2.30. The molecular weight excluding hydrogens is 576 g/mol. The summed E-state index contributed by atoms with van der Waals surface area (Å²) in [5.41, 5.74) is 11.3. The molecule has 0 N–H and O–H groups in total. The van der Waals surface area contributed by atoms with Gasteiger partial charge in [-0.05, 0) is 79.9 Å². The first-order chi connectivity index (χ1) is 22.4. The molecule has 0 fully saturated rings. The van der Waals surface area contributed by atoms with Gasteiger partial charge >= 0.3 is 23.9 Å². The van der Waals surface area contributed by atoms with Crippen LogP contribution in [0, 0.1) is 0 Å². The number of fused-ring (bicyclic) bond motifs is 2. The van der Waals surface area contributed by atoms with Crippen molar-refractivity contribution in [1.29, 1.82) is 0 Å². The van der Waals surface area contributed by atoms with E-state index in [1.165, 1.54) is 0 Å². The summed E-state index contributed by atoms with van der Waals surface area (Å²) in [5, 5.41) is 0. The predicted molar refractivity (Wildman–Crippen MR) is 173 cm³/mol. The second-order valence-corrected chi connectivity index (χ2v) is 11.2. The van der Waals surface area contributed by atoms with E-state index in [1.54, 1.807) is 24.3 Å². The van der Waals surface area contributed by atoms with E-state index in [2.05, 4.69) is 48.5 Å². The first kappa shape index (κ1) is 27.2. The van der Waals surface area contributed by atoms with Crippen molar-refractivity contribution >= 4 is 23.9 Å². The molecule has 0 unspecified atom stereocenters. The second kappa shape index (κ2) is 10.6. The van der Waals surface area contributed by atoms with E-state index in [0.29, 0.717) is 22.3 Å². The summed E-state index contributed by atoms with van der Waals surface area (Å²) in [7, 11) is 0. The van der Waals surface area contributed by atoms with Crippen LogP contribution in [0.4, 0.5) is 0 Å². The number of benzene rings is 6. The summed E-state index contributed by atoms with van der Waals surface area (Å²) >= 11 is 0. The van der Waals surface area contributed by atoms with Crippen LogP contribution in [-0.2, 0) is 9.47 Å². The fourth-order valence-corrected chi connectivity index (χ4v) is 5.95. The van der Waals surface area contributed by atoms with Crippen LogP contribution < -0.4 is 0 Å². The molecule has 6 aromatic carbocycles. The molecule has 0 saturated carbocycles. The molecule has 2 aliphatic rings. The molecule has 0 aliphatic carbocycles. The number of hydrogen-bond acceptors (Lipinski definition) is 6. The molecule has 2 aliphatic heterocycles. The van der Waals surface area contributed by atoms with Crippen LogP contribution in [0.1, 0.15) is 41.4 Å². The first-order valence-corrected chi connectivity index (χ1v) is 14.6. The first-order valence-electron chi connectivity index (χ1n) is 14.6. The maximum absolute atomic E-state index is 11.9. The van der Waals surface area contributed by atoms with Crippen LogP contribution in [0.2, 0.25) is 0 Å². The Labute approximate surface area is 263 Å². The molecule has 0 spiro atoms. The Morgan fingerprint density at radius 1 is 0.239 bits per heavy atom. The molecule has 46 heavy (non-hydrogen) atoms. The number of rotatable bonds is 5. The molecule has 0 amide bonds. The molecule has 218 valence electrons. The second-order valence-electron chi connectivity index (χ2n) is 11.2. The van der Waals surface area contributed by atoms with Crippen molar-refractivity contribution in [3.63, 3.8) is 0 Å². The van der Waals surface area contributed by atoms with Crippen LogP contribution in [0.15, 0.2) is 133 Å². The van der Waals surface area contributed by atoms with E-state index < -0.39 is 23.9 Å².